The minimum atomic E-state index is -2.86. The van der Waals surface area contributed by atoms with Crippen molar-refractivity contribution in [3.05, 3.63) is 45.7 Å². The van der Waals surface area contributed by atoms with E-state index < -0.39 is 6.61 Å². The van der Waals surface area contributed by atoms with Crippen LogP contribution in [0.25, 0.3) is 11.3 Å². The SMILES string of the molecule is Cc1sc(NC(=O)c2cscn2)nc1-c1ccc(OC(F)F)cc1. The number of carbonyl (C=O) groups is 1. The molecule has 3 rings (SSSR count). The molecule has 0 aliphatic heterocycles. The van der Waals surface area contributed by atoms with Gasteiger partial charge in [0.15, 0.2) is 5.13 Å². The summed E-state index contributed by atoms with van der Waals surface area (Å²) in [5, 5.41) is 4.81. The Labute approximate surface area is 144 Å². The number of thiazole rings is 2. The predicted molar refractivity (Wildman–Crippen MR) is 89.0 cm³/mol. The highest BCUT2D eigenvalue weighted by Crippen LogP contribution is 2.31. The Balaban J connectivity index is 1.77. The molecule has 0 bridgehead atoms. The molecule has 0 atom stereocenters. The van der Waals surface area contributed by atoms with Crippen LogP contribution in [0.3, 0.4) is 0 Å². The second kappa shape index (κ2) is 7.02. The second-order valence-electron chi connectivity index (χ2n) is 4.65. The summed E-state index contributed by atoms with van der Waals surface area (Å²) in [6.45, 7) is -0.987. The molecule has 0 aliphatic carbocycles. The first-order valence-electron chi connectivity index (χ1n) is 6.75. The van der Waals surface area contributed by atoms with Crippen LogP contribution in [0.4, 0.5) is 13.9 Å². The van der Waals surface area contributed by atoms with Gasteiger partial charge < -0.3 is 4.74 Å². The normalized spacial score (nSPS) is 10.8. The summed E-state index contributed by atoms with van der Waals surface area (Å²) in [5.74, 6) is -0.240. The highest BCUT2D eigenvalue weighted by atomic mass is 32.1. The molecular weight excluding hydrogens is 356 g/mol. The zero-order chi connectivity index (χ0) is 17.1. The highest BCUT2D eigenvalue weighted by Gasteiger charge is 2.14. The van der Waals surface area contributed by atoms with E-state index in [9.17, 15) is 13.6 Å². The maximum atomic E-state index is 12.2. The summed E-state index contributed by atoms with van der Waals surface area (Å²) in [6, 6.07) is 6.19. The molecule has 1 N–H and O–H groups in total. The number of alkyl halides is 2. The van der Waals surface area contributed by atoms with Gasteiger partial charge in [-0.05, 0) is 31.2 Å². The summed E-state index contributed by atoms with van der Waals surface area (Å²) < 4.78 is 28.7. The minimum Gasteiger partial charge on any atom is -0.435 e. The largest absolute Gasteiger partial charge is 0.435 e. The Morgan fingerprint density at radius 2 is 2.04 bits per heavy atom. The van der Waals surface area contributed by atoms with Crippen molar-refractivity contribution in [3.8, 4) is 17.0 Å². The van der Waals surface area contributed by atoms with Crippen LogP contribution in [-0.4, -0.2) is 22.5 Å². The Kier molecular flexibility index (Phi) is 4.81. The van der Waals surface area contributed by atoms with E-state index in [-0.39, 0.29) is 11.7 Å². The molecule has 2 aromatic heterocycles. The molecule has 0 aliphatic rings. The number of benzene rings is 1. The lowest BCUT2D eigenvalue weighted by atomic mass is 10.1. The van der Waals surface area contributed by atoms with E-state index in [1.54, 1.807) is 23.0 Å². The molecule has 0 radical (unpaired) electrons. The van der Waals surface area contributed by atoms with E-state index in [2.05, 4.69) is 20.0 Å². The Hall–Kier alpha value is -2.39. The second-order valence-corrected chi connectivity index (χ2v) is 6.58. The average molecular weight is 367 g/mol. The van der Waals surface area contributed by atoms with Crippen LogP contribution < -0.4 is 10.1 Å². The van der Waals surface area contributed by atoms with E-state index in [0.29, 0.717) is 16.5 Å². The number of halogens is 2. The van der Waals surface area contributed by atoms with Gasteiger partial charge in [-0.3, -0.25) is 10.1 Å². The zero-order valence-electron chi connectivity index (χ0n) is 12.3. The quantitative estimate of drug-likeness (QED) is 0.725. The summed E-state index contributed by atoms with van der Waals surface area (Å²) in [4.78, 5) is 21.2. The topological polar surface area (TPSA) is 64.1 Å². The maximum Gasteiger partial charge on any atom is 0.387 e. The standard InChI is InChI=1S/C15H11F2N3O2S2/c1-8-12(9-2-4-10(5-3-9)22-14(16)17)19-15(24-8)20-13(21)11-6-23-7-18-11/h2-7,14H,1H3,(H,19,20,21). The van der Waals surface area contributed by atoms with Gasteiger partial charge in [-0.2, -0.15) is 8.78 Å². The van der Waals surface area contributed by atoms with Crippen LogP contribution in [-0.2, 0) is 0 Å². The third kappa shape index (κ3) is 3.74. The van der Waals surface area contributed by atoms with E-state index >= 15 is 0 Å². The van der Waals surface area contributed by atoms with Gasteiger partial charge in [0.1, 0.15) is 11.4 Å². The van der Waals surface area contributed by atoms with Crippen molar-refractivity contribution >= 4 is 33.7 Å². The summed E-state index contributed by atoms with van der Waals surface area (Å²) in [6.07, 6.45) is 0. The predicted octanol–water partition coefficient (Wildman–Crippen LogP) is 4.43. The van der Waals surface area contributed by atoms with E-state index in [1.807, 2.05) is 6.92 Å². The van der Waals surface area contributed by atoms with Gasteiger partial charge in [0, 0.05) is 15.8 Å². The van der Waals surface area contributed by atoms with E-state index in [1.165, 1.54) is 34.8 Å². The first kappa shape index (κ1) is 16.5. The number of hydrogen-bond donors (Lipinski definition) is 1. The third-order valence-electron chi connectivity index (χ3n) is 3.03. The molecule has 2 heterocycles. The van der Waals surface area contributed by atoms with Crippen molar-refractivity contribution in [2.45, 2.75) is 13.5 Å². The van der Waals surface area contributed by atoms with Crippen LogP contribution in [0.2, 0.25) is 0 Å². The van der Waals surface area contributed by atoms with Crippen LogP contribution in [0.1, 0.15) is 15.4 Å². The van der Waals surface area contributed by atoms with Crippen molar-refractivity contribution in [2.24, 2.45) is 0 Å². The van der Waals surface area contributed by atoms with Gasteiger partial charge in [-0.25, -0.2) is 9.97 Å². The van der Waals surface area contributed by atoms with Crippen LogP contribution in [0.15, 0.2) is 35.2 Å². The fourth-order valence-electron chi connectivity index (χ4n) is 2.00. The lowest BCUT2D eigenvalue weighted by Gasteiger charge is -2.05. The highest BCUT2D eigenvalue weighted by molar-refractivity contribution is 7.16. The van der Waals surface area contributed by atoms with Gasteiger partial charge in [0.25, 0.3) is 5.91 Å². The molecule has 24 heavy (non-hydrogen) atoms. The number of ether oxygens (including phenoxy) is 1. The Bertz CT molecular complexity index is 833. The number of carbonyl (C=O) groups excluding carboxylic acids is 1. The minimum absolute atomic E-state index is 0.0821. The van der Waals surface area contributed by atoms with Crippen LogP contribution in [0, 0.1) is 6.92 Å². The smallest absolute Gasteiger partial charge is 0.387 e. The molecule has 0 fully saturated rings. The molecule has 1 amide bonds. The first-order valence-corrected chi connectivity index (χ1v) is 8.51. The molecule has 3 aromatic rings. The molecule has 124 valence electrons. The number of aromatic nitrogens is 2. The summed E-state index contributed by atoms with van der Waals surface area (Å²) in [7, 11) is 0. The molecule has 5 nitrogen and oxygen atoms in total. The van der Waals surface area contributed by atoms with Gasteiger partial charge in [0.2, 0.25) is 0 Å². The molecule has 0 saturated heterocycles. The number of aryl methyl sites for hydroxylation is 1. The number of rotatable bonds is 5. The first-order chi connectivity index (χ1) is 11.5. The Morgan fingerprint density at radius 1 is 1.29 bits per heavy atom. The van der Waals surface area contributed by atoms with Gasteiger partial charge in [0.05, 0.1) is 11.2 Å². The summed E-state index contributed by atoms with van der Waals surface area (Å²) >= 11 is 2.67. The fraction of sp³-hybridized carbons (Fsp3) is 0.133. The fourth-order valence-corrected chi connectivity index (χ4v) is 3.36. The van der Waals surface area contributed by atoms with Gasteiger partial charge in [-0.1, -0.05) is 0 Å². The monoisotopic (exact) mass is 367 g/mol. The number of anilines is 1. The number of amides is 1. The number of nitrogens with zero attached hydrogens (tertiary/aromatic N) is 2. The van der Waals surface area contributed by atoms with Crippen molar-refractivity contribution in [1.29, 1.82) is 0 Å². The average Bonchev–Trinajstić information content (AvgIpc) is 3.17. The van der Waals surface area contributed by atoms with Crippen molar-refractivity contribution in [2.75, 3.05) is 5.32 Å². The molecular formula is C15H11F2N3O2S2. The lowest BCUT2D eigenvalue weighted by Crippen LogP contribution is -2.11. The van der Waals surface area contributed by atoms with E-state index in [4.69, 9.17) is 0 Å². The number of hydrogen-bond acceptors (Lipinski definition) is 6. The Morgan fingerprint density at radius 3 is 2.67 bits per heavy atom. The summed E-state index contributed by atoms with van der Waals surface area (Å²) in [5.41, 5.74) is 3.34. The molecule has 9 heteroatoms. The van der Waals surface area contributed by atoms with Crippen molar-refractivity contribution < 1.29 is 18.3 Å². The van der Waals surface area contributed by atoms with Gasteiger partial charge >= 0.3 is 6.61 Å². The lowest BCUT2D eigenvalue weighted by molar-refractivity contribution is -0.0498. The van der Waals surface area contributed by atoms with Crippen molar-refractivity contribution in [1.82, 2.24) is 9.97 Å². The molecule has 1 aromatic carbocycles. The number of nitrogens with one attached hydrogen (secondary N) is 1. The third-order valence-corrected chi connectivity index (χ3v) is 4.51. The molecule has 0 saturated carbocycles. The van der Waals surface area contributed by atoms with Crippen LogP contribution >= 0.6 is 22.7 Å². The molecule has 0 spiro atoms. The van der Waals surface area contributed by atoms with Gasteiger partial charge in [-0.15, -0.1) is 22.7 Å². The maximum absolute atomic E-state index is 12.2. The molecule has 0 unspecified atom stereocenters. The zero-order valence-corrected chi connectivity index (χ0v) is 14.0. The van der Waals surface area contributed by atoms with Crippen LogP contribution in [0.5, 0.6) is 5.75 Å². The van der Waals surface area contributed by atoms with E-state index in [0.717, 1.165) is 10.4 Å². The van der Waals surface area contributed by atoms with Crippen molar-refractivity contribution in [3.63, 3.8) is 0 Å².